The molecule has 0 aromatic heterocycles. The lowest BCUT2D eigenvalue weighted by Gasteiger charge is -2.08. The zero-order valence-electron chi connectivity index (χ0n) is 9.88. The standard InChI is InChI=1S/C14H13NO3/c1-9-2-4-10(5-3-9)18-11-6-7-13(15)12(8-11)14(16)17/h2-8H,15H2,1H3,(H,16,17). The minimum Gasteiger partial charge on any atom is -0.478 e. The van der Waals surface area contributed by atoms with E-state index >= 15 is 0 Å². The Bertz CT molecular complexity index is 576. The zero-order chi connectivity index (χ0) is 13.1. The molecule has 0 amide bonds. The molecule has 0 saturated heterocycles. The average Bonchev–Trinajstić information content (AvgIpc) is 2.34. The fourth-order valence-electron chi connectivity index (χ4n) is 1.53. The number of benzene rings is 2. The van der Waals surface area contributed by atoms with Crippen LogP contribution in [0.15, 0.2) is 42.5 Å². The number of aryl methyl sites for hydroxylation is 1. The van der Waals surface area contributed by atoms with Crippen LogP contribution in [0.4, 0.5) is 5.69 Å². The molecule has 0 radical (unpaired) electrons. The number of anilines is 1. The second kappa shape index (κ2) is 4.79. The number of aromatic carboxylic acids is 1. The van der Waals surface area contributed by atoms with Crippen LogP contribution in [-0.2, 0) is 0 Å². The molecule has 92 valence electrons. The number of hydrogen-bond acceptors (Lipinski definition) is 3. The first-order valence-corrected chi connectivity index (χ1v) is 5.43. The summed E-state index contributed by atoms with van der Waals surface area (Å²) in [5.74, 6) is 0.0361. The normalized spacial score (nSPS) is 10.1. The van der Waals surface area contributed by atoms with E-state index in [1.807, 2.05) is 31.2 Å². The van der Waals surface area contributed by atoms with E-state index in [2.05, 4.69) is 0 Å². The summed E-state index contributed by atoms with van der Waals surface area (Å²) in [5, 5.41) is 8.96. The van der Waals surface area contributed by atoms with Crippen LogP contribution in [0.3, 0.4) is 0 Å². The molecule has 0 aliphatic rings. The first-order chi connectivity index (χ1) is 8.56. The number of carbonyl (C=O) groups is 1. The van der Waals surface area contributed by atoms with E-state index < -0.39 is 5.97 Å². The molecule has 0 aliphatic heterocycles. The fraction of sp³-hybridized carbons (Fsp3) is 0.0714. The number of nitrogen functional groups attached to an aromatic ring is 1. The second-order valence-corrected chi connectivity index (χ2v) is 3.97. The molecule has 4 heteroatoms. The van der Waals surface area contributed by atoms with Crippen LogP contribution < -0.4 is 10.5 Å². The van der Waals surface area contributed by atoms with E-state index in [-0.39, 0.29) is 11.3 Å². The average molecular weight is 243 g/mol. The predicted molar refractivity (Wildman–Crippen MR) is 69.1 cm³/mol. The molecule has 0 bridgehead atoms. The quantitative estimate of drug-likeness (QED) is 0.812. The van der Waals surface area contributed by atoms with Crippen LogP contribution >= 0.6 is 0 Å². The Hall–Kier alpha value is -2.49. The number of rotatable bonds is 3. The molecule has 0 spiro atoms. The maximum Gasteiger partial charge on any atom is 0.337 e. The van der Waals surface area contributed by atoms with Gasteiger partial charge in [0.1, 0.15) is 11.5 Å². The number of nitrogens with two attached hydrogens (primary N) is 1. The monoisotopic (exact) mass is 243 g/mol. The summed E-state index contributed by atoms with van der Waals surface area (Å²) in [5.41, 5.74) is 6.96. The molecule has 2 aromatic carbocycles. The fourth-order valence-corrected chi connectivity index (χ4v) is 1.53. The van der Waals surface area contributed by atoms with Gasteiger partial charge in [-0.05, 0) is 37.3 Å². The van der Waals surface area contributed by atoms with Crippen molar-refractivity contribution in [2.24, 2.45) is 0 Å². The molecule has 4 nitrogen and oxygen atoms in total. The number of carboxylic acid groups (broad SMARTS) is 1. The van der Waals surface area contributed by atoms with Crippen molar-refractivity contribution in [3.05, 3.63) is 53.6 Å². The van der Waals surface area contributed by atoms with Crippen molar-refractivity contribution < 1.29 is 14.6 Å². The summed E-state index contributed by atoms with van der Waals surface area (Å²) in [6.07, 6.45) is 0. The summed E-state index contributed by atoms with van der Waals surface area (Å²) in [4.78, 5) is 10.9. The summed E-state index contributed by atoms with van der Waals surface area (Å²) in [6, 6.07) is 12.1. The van der Waals surface area contributed by atoms with Gasteiger partial charge >= 0.3 is 5.97 Å². The third-order valence-electron chi connectivity index (χ3n) is 2.51. The summed E-state index contributed by atoms with van der Waals surface area (Å²) >= 11 is 0. The van der Waals surface area contributed by atoms with Gasteiger partial charge < -0.3 is 15.6 Å². The van der Waals surface area contributed by atoms with Crippen LogP contribution in [0.2, 0.25) is 0 Å². The molecule has 3 N–H and O–H groups in total. The SMILES string of the molecule is Cc1ccc(Oc2ccc(N)c(C(=O)O)c2)cc1. The van der Waals surface area contributed by atoms with Gasteiger partial charge in [-0.2, -0.15) is 0 Å². The minimum absolute atomic E-state index is 0.0413. The molecule has 18 heavy (non-hydrogen) atoms. The second-order valence-electron chi connectivity index (χ2n) is 3.97. The lowest BCUT2D eigenvalue weighted by molar-refractivity contribution is 0.0697. The van der Waals surface area contributed by atoms with Crippen LogP contribution in [0.5, 0.6) is 11.5 Å². The van der Waals surface area contributed by atoms with Gasteiger partial charge in [-0.25, -0.2) is 4.79 Å². The Morgan fingerprint density at radius 2 is 1.72 bits per heavy atom. The van der Waals surface area contributed by atoms with Crippen molar-refractivity contribution in [2.75, 3.05) is 5.73 Å². The van der Waals surface area contributed by atoms with Gasteiger partial charge in [0.2, 0.25) is 0 Å². The Kier molecular flexibility index (Phi) is 3.19. The van der Waals surface area contributed by atoms with Gasteiger partial charge in [-0.3, -0.25) is 0 Å². The molecule has 0 saturated carbocycles. The van der Waals surface area contributed by atoms with Gasteiger partial charge in [0.15, 0.2) is 0 Å². The van der Waals surface area contributed by atoms with Crippen LogP contribution in [0.25, 0.3) is 0 Å². The molecular weight excluding hydrogens is 230 g/mol. The Morgan fingerprint density at radius 3 is 2.33 bits per heavy atom. The van der Waals surface area contributed by atoms with Crippen molar-refractivity contribution in [3.8, 4) is 11.5 Å². The maximum absolute atomic E-state index is 10.9. The summed E-state index contributed by atoms with van der Waals surface area (Å²) < 4.78 is 5.56. The van der Waals surface area contributed by atoms with Gasteiger partial charge in [-0.15, -0.1) is 0 Å². The molecule has 2 aromatic rings. The first kappa shape index (κ1) is 12.0. The van der Waals surface area contributed by atoms with E-state index in [1.54, 1.807) is 6.07 Å². The summed E-state index contributed by atoms with van der Waals surface area (Å²) in [6.45, 7) is 1.98. The molecule has 0 heterocycles. The Balaban J connectivity index is 2.27. The van der Waals surface area contributed by atoms with Gasteiger partial charge in [0, 0.05) is 5.69 Å². The van der Waals surface area contributed by atoms with Crippen molar-refractivity contribution in [3.63, 3.8) is 0 Å². The topological polar surface area (TPSA) is 72.5 Å². The van der Waals surface area contributed by atoms with Crippen molar-refractivity contribution in [2.45, 2.75) is 6.92 Å². The van der Waals surface area contributed by atoms with E-state index in [0.717, 1.165) is 5.56 Å². The third-order valence-corrected chi connectivity index (χ3v) is 2.51. The van der Waals surface area contributed by atoms with E-state index in [4.69, 9.17) is 15.6 Å². The highest BCUT2D eigenvalue weighted by Gasteiger charge is 2.09. The highest BCUT2D eigenvalue weighted by atomic mass is 16.5. The maximum atomic E-state index is 10.9. The molecule has 0 unspecified atom stereocenters. The number of hydrogen-bond donors (Lipinski definition) is 2. The Labute approximate surface area is 105 Å². The number of carboxylic acids is 1. The van der Waals surface area contributed by atoms with Gasteiger partial charge in [0.05, 0.1) is 5.56 Å². The zero-order valence-corrected chi connectivity index (χ0v) is 9.88. The van der Waals surface area contributed by atoms with Crippen LogP contribution in [0.1, 0.15) is 15.9 Å². The van der Waals surface area contributed by atoms with E-state index in [0.29, 0.717) is 11.5 Å². The predicted octanol–water partition coefficient (Wildman–Crippen LogP) is 3.07. The van der Waals surface area contributed by atoms with E-state index in [9.17, 15) is 4.79 Å². The highest BCUT2D eigenvalue weighted by molar-refractivity contribution is 5.94. The van der Waals surface area contributed by atoms with E-state index in [1.165, 1.54) is 12.1 Å². The Morgan fingerprint density at radius 1 is 1.11 bits per heavy atom. The highest BCUT2D eigenvalue weighted by Crippen LogP contribution is 2.25. The molecule has 0 fully saturated rings. The molecular formula is C14H13NO3. The molecule has 0 atom stereocenters. The van der Waals surface area contributed by atoms with Crippen molar-refractivity contribution >= 4 is 11.7 Å². The lowest BCUT2D eigenvalue weighted by atomic mass is 10.1. The smallest absolute Gasteiger partial charge is 0.337 e. The third kappa shape index (κ3) is 2.60. The van der Waals surface area contributed by atoms with Gasteiger partial charge in [-0.1, -0.05) is 17.7 Å². The summed E-state index contributed by atoms with van der Waals surface area (Å²) in [7, 11) is 0. The first-order valence-electron chi connectivity index (χ1n) is 5.43. The molecule has 2 rings (SSSR count). The largest absolute Gasteiger partial charge is 0.478 e. The molecule has 0 aliphatic carbocycles. The number of ether oxygens (including phenoxy) is 1. The van der Waals surface area contributed by atoms with Crippen molar-refractivity contribution in [1.29, 1.82) is 0 Å². The van der Waals surface area contributed by atoms with Crippen LogP contribution in [-0.4, -0.2) is 11.1 Å². The van der Waals surface area contributed by atoms with Gasteiger partial charge in [0.25, 0.3) is 0 Å². The van der Waals surface area contributed by atoms with Crippen LogP contribution in [0, 0.1) is 6.92 Å². The minimum atomic E-state index is -1.07. The van der Waals surface area contributed by atoms with Crippen molar-refractivity contribution in [1.82, 2.24) is 0 Å². The lowest BCUT2D eigenvalue weighted by Crippen LogP contribution is -2.02.